The molecule has 156 valence electrons. The summed E-state index contributed by atoms with van der Waals surface area (Å²) in [7, 11) is 3.30. The van der Waals surface area contributed by atoms with E-state index in [1.807, 2.05) is 0 Å². The van der Waals surface area contributed by atoms with Crippen LogP contribution in [0.15, 0.2) is 30.3 Å². The number of fused-ring (bicyclic) bond motifs is 1. The van der Waals surface area contributed by atoms with Gasteiger partial charge >= 0.3 is 0 Å². The Morgan fingerprint density at radius 3 is 2.38 bits per heavy atom. The highest BCUT2D eigenvalue weighted by molar-refractivity contribution is 5.99. The molecular formula is C24H30F2NO2+. The molecule has 0 aromatic heterocycles. The second kappa shape index (κ2) is 9.86. The van der Waals surface area contributed by atoms with Crippen LogP contribution in [0.3, 0.4) is 0 Å². The number of hydrogen-bond acceptors (Lipinski definition) is 2. The average molecular weight is 403 g/mol. The summed E-state index contributed by atoms with van der Waals surface area (Å²) in [6, 6.07) is 8.29. The quantitative estimate of drug-likeness (QED) is 0.407. The van der Waals surface area contributed by atoms with Crippen LogP contribution in [0.4, 0.5) is 8.78 Å². The van der Waals surface area contributed by atoms with Gasteiger partial charge in [0.25, 0.3) is 0 Å². The number of methoxy groups -OCH3 is 2. The Bertz CT molecular complexity index is 893. The molecule has 0 saturated heterocycles. The number of halogens is 2. The lowest BCUT2D eigenvalue weighted by Gasteiger charge is -2.21. The van der Waals surface area contributed by atoms with Gasteiger partial charge in [0.1, 0.15) is 6.54 Å². The van der Waals surface area contributed by atoms with Crippen LogP contribution in [-0.4, -0.2) is 31.1 Å². The molecule has 29 heavy (non-hydrogen) atoms. The van der Waals surface area contributed by atoms with Gasteiger partial charge in [-0.2, -0.15) is 0 Å². The highest BCUT2D eigenvalue weighted by atomic mass is 19.2. The van der Waals surface area contributed by atoms with E-state index in [1.54, 1.807) is 20.3 Å². The smallest absolute Gasteiger partial charge is 0.184 e. The molecule has 0 N–H and O–H groups in total. The van der Waals surface area contributed by atoms with Gasteiger partial charge in [0.05, 0.1) is 14.2 Å². The van der Waals surface area contributed by atoms with E-state index >= 15 is 0 Å². The molecule has 0 spiro atoms. The Labute approximate surface area is 172 Å². The summed E-state index contributed by atoms with van der Waals surface area (Å²) in [6.45, 7) is 3.61. The van der Waals surface area contributed by atoms with Gasteiger partial charge in [-0.25, -0.2) is 13.4 Å². The van der Waals surface area contributed by atoms with Gasteiger partial charge in [0.2, 0.25) is 0 Å². The minimum atomic E-state index is -0.807. The largest absolute Gasteiger partial charge is 0.493 e. The summed E-state index contributed by atoms with van der Waals surface area (Å²) in [4.78, 5) is 0. The van der Waals surface area contributed by atoms with Crippen LogP contribution in [0.25, 0.3) is 0 Å². The van der Waals surface area contributed by atoms with E-state index in [0.29, 0.717) is 12.3 Å². The number of unbranched alkanes of at least 4 members (excludes halogenated alkanes) is 3. The monoisotopic (exact) mass is 402 g/mol. The molecule has 0 aliphatic carbocycles. The predicted octanol–water partition coefficient (Wildman–Crippen LogP) is 5.51. The molecule has 0 fully saturated rings. The molecule has 2 aromatic rings. The van der Waals surface area contributed by atoms with E-state index in [0.717, 1.165) is 37.1 Å². The third kappa shape index (κ3) is 4.95. The van der Waals surface area contributed by atoms with Crippen LogP contribution >= 0.6 is 0 Å². The Balaban J connectivity index is 1.98. The van der Waals surface area contributed by atoms with E-state index in [9.17, 15) is 8.78 Å². The van der Waals surface area contributed by atoms with Gasteiger partial charge in [0.15, 0.2) is 35.4 Å². The van der Waals surface area contributed by atoms with Gasteiger partial charge in [0, 0.05) is 24.0 Å². The van der Waals surface area contributed by atoms with Crippen molar-refractivity contribution in [2.45, 2.75) is 52.0 Å². The van der Waals surface area contributed by atoms with Crippen LogP contribution in [0, 0.1) is 11.6 Å². The molecule has 1 aliphatic rings. The minimum absolute atomic E-state index is 0.564. The summed E-state index contributed by atoms with van der Waals surface area (Å²) < 4.78 is 40.3. The normalized spacial score (nSPS) is 13.4. The summed E-state index contributed by atoms with van der Waals surface area (Å²) >= 11 is 0. The maximum atomic E-state index is 13.7. The van der Waals surface area contributed by atoms with E-state index in [2.05, 4.69) is 23.6 Å². The molecular weight excluding hydrogens is 372 g/mol. The second-order valence-corrected chi connectivity index (χ2v) is 7.54. The Hall–Kier alpha value is -2.43. The molecule has 3 nitrogen and oxygen atoms in total. The van der Waals surface area contributed by atoms with Crippen LogP contribution in [0.5, 0.6) is 11.5 Å². The van der Waals surface area contributed by atoms with Crippen molar-refractivity contribution in [2.75, 3.05) is 20.8 Å². The SMILES string of the molecule is CCCCCCC1=[N+](Cc2ccc(F)c(F)c2)CCc2cc(OC)c(OC)cc21. The molecule has 0 bridgehead atoms. The first-order chi connectivity index (χ1) is 14.1. The van der Waals surface area contributed by atoms with Crippen LogP contribution in [0.2, 0.25) is 0 Å². The fraction of sp³-hybridized carbons (Fsp3) is 0.458. The molecule has 0 unspecified atom stereocenters. The Morgan fingerprint density at radius 1 is 0.931 bits per heavy atom. The molecule has 3 rings (SSSR count). The first kappa shape index (κ1) is 21.3. The Morgan fingerprint density at radius 2 is 1.69 bits per heavy atom. The van der Waals surface area contributed by atoms with Crippen molar-refractivity contribution in [3.05, 3.63) is 58.7 Å². The summed E-state index contributed by atoms with van der Waals surface area (Å²) in [6.07, 6.45) is 6.52. The van der Waals surface area contributed by atoms with E-state index in [4.69, 9.17) is 9.47 Å². The van der Waals surface area contributed by atoms with E-state index in [-0.39, 0.29) is 0 Å². The molecule has 0 saturated carbocycles. The van der Waals surface area contributed by atoms with Crippen molar-refractivity contribution >= 4 is 5.71 Å². The molecule has 0 atom stereocenters. The van der Waals surface area contributed by atoms with Crippen molar-refractivity contribution in [1.29, 1.82) is 0 Å². The Kier molecular flexibility index (Phi) is 7.24. The summed E-state index contributed by atoms with van der Waals surface area (Å²) in [5.74, 6) is -0.147. The number of rotatable bonds is 9. The lowest BCUT2D eigenvalue weighted by atomic mass is 9.92. The first-order valence-electron chi connectivity index (χ1n) is 10.4. The molecule has 0 amide bonds. The minimum Gasteiger partial charge on any atom is -0.493 e. The third-order valence-electron chi connectivity index (χ3n) is 5.58. The highest BCUT2D eigenvalue weighted by Gasteiger charge is 2.27. The van der Waals surface area contributed by atoms with Crippen molar-refractivity contribution in [1.82, 2.24) is 0 Å². The lowest BCUT2D eigenvalue weighted by molar-refractivity contribution is -0.545. The lowest BCUT2D eigenvalue weighted by Crippen LogP contribution is -2.30. The van der Waals surface area contributed by atoms with Crippen LogP contribution in [0.1, 0.15) is 55.7 Å². The zero-order valence-corrected chi connectivity index (χ0v) is 17.6. The van der Waals surface area contributed by atoms with Crippen LogP contribution < -0.4 is 9.47 Å². The average Bonchev–Trinajstić information content (AvgIpc) is 2.73. The molecule has 2 aromatic carbocycles. The zero-order chi connectivity index (χ0) is 20.8. The number of benzene rings is 2. The number of hydrogen-bond donors (Lipinski definition) is 0. The van der Waals surface area contributed by atoms with Gasteiger partial charge in [-0.1, -0.05) is 26.2 Å². The van der Waals surface area contributed by atoms with Gasteiger partial charge in [-0.3, -0.25) is 0 Å². The van der Waals surface area contributed by atoms with E-state index < -0.39 is 11.6 Å². The molecule has 1 aliphatic heterocycles. The fourth-order valence-corrected chi connectivity index (χ4v) is 4.00. The number of ether oxygens (including phenoxy) is 2. The zero-order valence-electron chi connectivity index (χ0n) is 17.6. The topological polar surface area (TPSA) is 21.5 Å². The maximum Gasteiger partial charge on any atom is 0.184 e. The fourth-order valence-electron chi connectivity index (χ4n) is 4.00. The van der Waals surface area contributed by atoms with E-state index in [1.165, 1.54) is 48.2 Å². The third-order valence-corrected chi connectivity index (χ3v) is 5.58. The van der Waals surface area contributed by atoms with Gasteiger partial charge in [-0.15, -0.1) is 0 Å². The second-order valence-electron chi connectivity index (χ2n) is 7.54. The molecule has 5 heteroatoms. The van der Waals surface area contributed by atoms with Crippen molar-refractivity contribution in [3.8, 4) is 11.5 Å². The molecule has 0 radical (unpaired) electrons. The van der Waals surface area contributed by atoms with Gasteiger partial charge in [-0.05, 0) is 42.3 Å². The first-order valence-corrected chi connectivity index (χ1v) is 10.4. The summed E-state index contributed by atoms with van der Waals surface area (Å²) in [5.41, 5.74) is 4.44. The standard InChI is InChI=1S/C24H30F2NO2/c1-4-5-6-7-8-22-19-15-24(29-3)23(28-2)14-18(19)11-12-27(22)16-17-9-10-20(25)21(26)13-17/h9-10,13-15H,4-8,11-12,16H2,1-3H3/q+1. The van der Waals surface area contributed by atoms with Gasteiger partial charge < -0.3 is 9.47 Å². The molecule has 1 heterocycles. The van der Waals surface area contributed by atoms with Crippen molar-refractivity contribution in [3.63, 3.8) is 0 Å². The predicted molar refractivity (Wildman–Crippen MR) is 111 cm³/mol. The summed E-state index contributed by atoms with van der Waals surface area (Å²) in [5, 5.41) is 0. The van der Waals surface area contributed by atoms with Crippen molar-refractivity contribution < 1.29 is 22.8 Å². The van der Waals surface area contributed by atoms with Crippen LogP contribution in [-0.2, 0) is 13.0 Å². The van der Waals surface area contributed by atoms with Crippen molar-refractivity contribution in [2.24, 2.45) is 0 Å². The maximum absolute atomic E-state index is 13.7. The number of nitrogens with zero attached hydrogens (tertiary/aromatic N) is 1. The highest BCUT2D eigenvalue weighted by Crippen LogP contribution is 2.33.